The SMILES string of the molecule is O=C1CC2(CCN(C(=O)c3cnn4ccccc34)C2)C(=O)N1. The Morgan fingerprint density at radius 3 is 2.95 bits per heavy atom. The van der Waals surface area contributed by atoms with Crippen LogP contribution < -0.4 is 5.32 Å². The first kappa shape index (κ1) is 13.0. The molecule has 2 fully saturated rings. The van der Waals surface area contributed by atoms with Crippen LogP contribution in [0.2, 0.25) is 0 Å². The van der Waals surface area contributed by atoms with Crippen LogP contribution in [0.25, 0.3) is 5.52 Å². The first-order chi connectivity index (χ1) is 10.6. The van der Waals surface area contributed by atoms with Crippen molar-refractivity contribution in [3.63, 3.8) is 0 Å². The highest BCUT2D eigenvalue weighted by atomic mass is 16.2. The Balaban J connectivity index is 1.62. The van der Waals surface area contributed by atoms with Gasteiger partial charge in [0.2, 0.25) is 11.8 Å². The summed E-state index contributed by atoms with van der Waals surface area (Å²) in [5.41, 5.74) is 0.512. The van der Waals surface area contributed by atoms with E-state index in [9.17, 15) is 14.4 Å². The van der Waals surface area contributed by atoms with Gasteiger partial charge in [-0.15, -0.1) is 0 Å². The molecule has 2 aromatic rings. The Kier molecular flexibility index (Phi) is 2.60. The average molecular weight is 298 g/mol. The van der Waals surface area contributed by atoms with Gasteiger partial charge in [0.05, 0.1) is 22.7 Å². The third kappa shape index (κ3) is 1.75. The van der Waals surface area contributed by atoms with E-state index in [4.69, 9.17) is 0 Å². The molecule has 7 nitrogen and oxygen atoms in total. The van der Waals surface area contributed by atoms with Crippen molar-refractivity contribution >= 4 is 23.2 Å². The monoisotopic (exact) mass is 298 g/mol. The van der Waals surface area contributed by atoms with E-state index >= 15 is 0 Å². The van der Waals surface area contributed by atoms with Crippen LogP contribution in [-0.4, -0.2) is 45.3 Å². The molecule has 1 atom stereocenters. The maximum atomic E-state index is 12.7. The lowest BCUT2D eigenvalue weighted by molar-refractivity contribution is -0.128. The molecule has 1 N–H and O–H groups in total. The summed E-state index contributed by atoms with van der Waals surface area (Å²) in [5.74, 6) is -0.659. The van der Waals surface area contributed by atoms with Crippen LogP contribution in [0.1, 0.15) is 23.2 Å². The molecule has 2 aromatic heterocycles. The summed E-state index contributed by atoms with van der Waals surface area (Å²) in [7, 11) is 0. The van der Waals surface area contributed by atoms with Crippen LogP contribution in [0, 0.1) is 5.41 Å². The van der Waals surface area contributed by atoms with Crippen LogP contribution in [-0.2, 0) is 9.59 Å². The van der Waals surface area contributed by atoms with Crippen LogP contribution in [0.3, 0.4) is 0 Å². The summed E-state index contributed by atoms with van der Waals surface area (Å²) in [6.45, 7) is 0.761. The van der Waals surface area contributed by atoms with Gasteiger partial charge < -0.3 is 4.90 Å². The fourth-order valence-corrected chi connectivity index (χ4v) is 3.34. The van der Waals surface area contributed by atoms with Gasteiger partial charge in [0.15, 0.2) is 0 Å². The Bertz CT molecular complexity index is 812. The number of hydrogen-bond donors (Lipinski definition) is 1. The molecule has 4 rings (SSSR count). The normalized spacial score (nSPS) is 24.5. The molecular weight excluding hydrogens is 284 g/mol. The van der Waals surface area contributed by atoms with E-state index in [0.29, 0.717) is 18.5 Å². The second-order valence-electron chi connectivity index (χ2n) is 5.90. The first-order valence-corrected chi connectivity index (χ1v) is 7.15. The number of rotatable bonds is 1. The van der Waals surface area contributed by atoms with E-state index in [1.54, 1.807) is 21.8 Å². The highest BCUT2D eigenvalue weighted by molar-refractivity contribution is 6.07. The summed E-state index contributed by atoms with van der Waals surface area (Å²) < 4.78 is 1.64. The van der Waals surface area contributed by atoms with E-state index in [1.165, 1.54) is 0 Å². The number of likely N-dealkylation sites (tertiary alicyclic amines) is 1. The highest BCUT2D eigenvalue weighted by Crippen LogP contribution is 2.38. The second kappa shape index (κ2) is 4.40. The van der Waals surface area contributed by atoms with Crippen molar-refractivity contribution in [3.8, 4) is 0 Å². The Morgan fingerprint density at radius 1 is 1.32 bits per heavy atom. The Morgan fingerprint density at radius 2 is 2.18 bits per heavy atom. The van der Waals surface area contributed by atoms with E-state index in [0.717, 1.165) is 5.52 Å². The largest absolute Gasteiger partial charge is 0.337 e. The minimum atomic E-state index is -0.740. The summed E-state index contributed by atoms with van der Waals surface area (Å²) in [6.07, 6.45) is 4.02. The van der Waals surface area contributed by atoms with Crippen molar-refractivity contribution < 1.29 is 14.4 Å². The average Bonchev–Trinajstić information content (AvgIpc) is 3.17. The molecule has 7 heteroatoms. The number of fused-ring (bicyclic) bond motifs is 1. The number of imide groups is 1. The van der Waals surface area contributed by atoms with Crippen LogP contribution >= 0.6 is 0 Å². The van der Waals surface area contributed by atoms with Gasteiger partial charge in [-0.3, -0.25) is 19.7 Å². The number of aromatic nitrogens is 2. The van der Waals surface area contributed by atoms with Gasteiger partial charge in [0.25, 0.3) is 5.91 Å². The molecule has 4 heterocycles. The van der Waals surface area contributed by atoms with Crippen molar-refractivity contribution in [1.82, 2.24) is 19.8 Å². The van der Waals surface area contributed by atoms with Crippen molar-refractivity contribution in [3.05, 3.63) is 36.2 Å². The molecule has 0 saturated carbocycles. The van der Waals surface area contributed by atoms with Gasteiger partial charge in [-0.05, 0) is 18.6 Å². The minimum absolute atomic E-state index is 0.148. The van der Waals surface area contributed by atoms with Gasteiger partial charge in [-0.2, -0.15) is 5.10 Å². The maximum Gasteiger partial charge on any atom is 0.257 e. The Labute approximate surface area is 125 Å². The van der Waals surface area contributed by atoms with Gasteiger partial charge in [-0.25, -0.2) is 4.52 Å². The number of amides is 3. The standard InChI is InChI=1S/C15H14N4O3/c20-12-7-15(14(22)17-12)4-6-18(9-15)13(21)10-8-16-19-5-2-1-3-11(10)19/h1-3,5,8H,4,6-7,9H2,(H,17,20,22). The summed E-state index contributed by atoms with van der Waals surface area (Å²) in [5, 5.41) is 6.50. The predicted molar refractivity (Wildman–Crippen MR) is 75.9 cm³/mol. The fourth-order valence-electron chi connectivity index (χ4n) is 3.34. The van der Waals surface area contributed by atoms with Crippen LogP contribution in [0.15, 0.2) is 30.6 Å². The molecule has 0 bridgehead atoms. The van der Waals surface area contributed by atoms with Gasteiger partial charge in [0, 0.05) is 25.7 Å². The molecule has 2 saturated heterocycles. The number of pyridine rings is 1. The molecular formula is C15H14N4O3. The molecule has 0 aliphatic carbocycles. The molecule has 2 aliphatic heterocycles. The molecule has 2 aliphatic rings. The lowest BCUT2D eigenvalue weighted by Gasteiger charge is -2.20. The maximum absolute atomic E-state index is 12.7. The van der Waals surface area contributed by atoms with Gasteiger partial charge in [-0.1, -0.05) is 6.07 Å². The molecule has 3 amide bonds. The summed E-state index contributed by atoms with van der Waals surface area (Å²) in [4.78, 5) is 37.8. The van der Waals surface area contributed by atoms with Gasteiger partial charge >= 0.3 is 0 Å². The summed E-state index contributed by atoms with van der Waals surface area (Å²) >= 11 is 0. The van der Waals surface area contributed by atoms with Crippen molar-refractivity contribution in [2.24, 2.45) is 5.41 Å². The van der Waals surface area contributed by atoms with E-state index < -0.39 is 5.41 Å². The predicted octanol–water partition coefficient (Wildman–Crippen LogP) is 0.213. The molecule has 1 unspecified atom stereocenters. The number of hydrogen-bond acceptors (Lipinski definition) is 4. The summed E-state index contributed by atoms with van der Waals surface area (Å²) in [6, 6.07) is 5.52. The smallest absolute Gasteiger partial charge is 0.257 e. The quantitative estimate of drug-likeness (QED) is 0.763. The van der Waals surface area contributed by atoms with Crippen molar-refractivity contribution in [1.29, 1.82) is 0 Å². The second-order valence-corrected chi connectivity index (χ2v) is 5.90. The van der Waals surface area contributed by atoms with E-state index in [-0.39, 0.29) is 30.7 Å². The Hall–Kier alpha value is -2.70. The zero-order valence-corrected chi connectivity index (χ0v) is 11.8. The van der Waals surface area contributed by atoms with Crippen molar-refractivity contribution in [2.45, 2.75) is 12.8 Å². The third-order valence-corrected chi connectivity index (χ3v) is 4.53. The molecule has 22 heavy (non-hydrogen) atoms. The highest BCUT2D eigenvalue weighted by Gasteiger charge is 2.51. The lowest BCUT2D eigenvalue weighted by Crippen LogP contribution is -2.36. The van der Waals surface area contributed by atoms with Gasteiger partial charge in [0.1, 0.15) is 0 Å². The number of carbonyl (C=O) groups excluding carboxylic acids is 3. The number of nitrogens with zero attached hydrogens (tertiary/aromatic N) is 3. The molecule has 0 radical (unpaired) electrons. The van der Waals surface area contributed by atoms with Crippen LogP contribution in [0.5, 0.6) is 0 Å². The van der Waals surface area contributed by atoms with Crippen molar-refractivity contribution in [2.75, 3.05) is 13.1 Å². The molecule has 1 spiro atoms. The minimum Gasteiger partial charge on any atom is -0.337 e. The third-order valence-electron chi connectivity index (χ3n) is 4.53. The van der Waals surface area contributed by atoms with E-state index in [1.807, 2.05) is 18.2 Å². The first-order valence-electron chi connectivity index (χ1n) is 7.15. The molecule has 112 valence electrons. The molecule has 0 aromatic carbocycles. The zero-order chi connectivity index (χ0) is 15.3. The zero-order valence-electron chi connectivity index (χ0n) is 11.8. The fraction of sp³-hybridized carbons (Fsp3) is 0.333. The number of nitrogens with one attached hydrogen (secondary N) is 1. The van der Waals surface area contributed by atoms with Crippen LogP contribution in [0.4, 0.5) is 0 Å². The lowest BCUT2D eigenvalue weighted by atomic mass is 9.85. The topological polar surface area (TPSA) is 83.8 Å². The van der Waals surface area contributed by atoms with E-state index in [2.05, 4.69) is 10.4 Å². The number of carbonyl (C=O) groups is 3.